The molecule has 96 valence electrons. The Bertz CT molecular complexity index is 699. The number of thiophene rings is 1. The summed E-state index contributed by atoms with van der Waals surface area (Å²) < 4.78 is 1.13. The average molecular weight is 352 g/mol. The van der Waals surface area contributed by atoms with Gasteiger partial charge in [0, 0.05) is 4.88 Å². The Labute approximate surface area is 130 Å². The molecule has 0 saturated heterocycles. The molecule has 0 amide bonds. The fourth-order valence-electron chi connectivity index (χ4n) is 2.26. The van der Waals surface area contributed by atoms with E-state index in [-0.39, 0.29) is 5.38 Å². The van der Waals surface area contributed by atoms with Gasteiger partial charge in [-0.2, -0.15) is 0 Å². The first kappa shape index (κ1) is 13.2. The van der Waals surface area contributed by atoms with Gasteiger partial charge in [0.2, 0.25) is 0 Å². The summed E-state index contributed by atoms with van der Waals surface area (Å²) in [6, 6.07) is 19.0. The molecule has 0 aliphatic heterocycles. The molecular formula is C16H12BrClS. The number of benzene rings is 2. The van der Waals surface area contributed by atoms with Crippen molar-refractivity contribution in [1.82, 2.24) is 0 Å². The fourth-order valence-corrected chi connectivity index (χ4v) is 4.03. The van der Waals surface area contributed by atoms with E-state index in [0.717, 1.165) is 10.2 Å². The normalized spacial score (nSPS) is 12.7. The molecule has 0 N–H and O–H groups in total. The minimum absolute atomic E-state index is 0.0297. The number of alkyl halides is 1. The minimum atomic E-state index is 0.0297. The Morgan fingerprint density at radius 2 is 1.79 bits per heavy atom. The van der Waals surface area contributed by atoms with Crippen molar-refractivity contribution in [2.75, 3.05) is 0 Å². The molecule has 0 spiro atoms. The third-order valence-corrected chi connectivity index (χ3v) is 5.44. The summed E-state index contributed by atoms with van der Waals surface area (Å²) in [4.78, 5) is 1.21. The van der Waals surface area contributed by atoms with Crippen LogP contribution in [0.3, 0.4) is 0 Å². The van der Waals surface area contributed by atoms with Crippen molar-refractivity contribution >= 4 is 49.6 Å². The van der Waals surface area contributed by atoms with E-state index in [2.05, 4.69) is 70.5 Å². The van der Waals surface area contributed by atoms with Crippen LogP contribution in [0.25, 0.3) is 10.8 Å². The van der Waals surface area contributed by atoms with Gasteiger partial charge in [-0.25, -0.2) is 0 Å². The van der Waals surface area contributed by atoms with Gasteiger partial charge < -0.3 is 0 Å². The summed E-state index contributed by atoms with van der Waals surface area (Å²) >= 11 is 11.7. The van der Waals surface area contributed by atoms with Crippen LogP contribution in [0, 0.1) is 0 Å². The third kappa shape index (κ3) is 2.86. The van der Waals surface area contributed by atoms with Crippen LogP contribution in [-0.4, -0.2) is 0 Å². The van der Waals surface area contributed by atoms with Crippen LogP contribution in [0.15, 0.2) is 58.4 Å². The smallest absolute Gasteiger partial charge is 0.0719 e. The molecule has 3 rings (SSSR count). The van der Waals surface area contributed by atoms with Gasteiger partial charge in [-0.1, -0.05) is 42.5 Å². The molecule has 0 fully saturated rings. The van der Waals surface area contributed by atoms with E-state index in [4.69, 9.17) is 11.6 Å². The van der Waals surface area contributed by atoms with E-state index in [1.165, 1.54) is 21.2 Å². The van der Waals surface area contributed by atoms with Crippen LogP contribution >= 0.6 is 38.9 Å². The molecule has 2 aromatic carbocycles. The van der Waals surface area contributed by atoms with E-state index in [9.17, 15) is 0 Å². The zero-order valence-corrected chi connectivity index (χ0v) is 13.3. The lowest BCUT2D eigenvalue weighted by Crippen LogP contribution is -1.94. The maximum atomic E-state index is 6.54. The van der Waals surface area contributed by atoms with E-state index in [0.29, 0.717) is 0 Å². The second-order valence-electron chi connectivity index (χ2n) is 4.45. The van der Waals surface area contributed by atoms with Crippen molar-refractivity contribution in [2.45, 2.75) is 11.8 Å². The van der Waals surface area contributed by atoms with Crippen molar-refractivity contribution in [1.29, 1.82) is 0 Å². The highest BCUT2D eigenvalue weighted by atomic mass is 79.9. The number of fused-ring (bicyclic) bond motifs is 1. The second-order valence-corrected chi connectivity index (χ2v) is 7.47. The van der Waals surface area contributed by atoms with Crippen LogP contribution in [0.1, 0.15) is 15.8 Å². The molecule has 0 aliphatic carbocycles. The summed E-state index contributed by atoms with van der Waals surface area (Å²) in [6.45, 7) is 0. The molecule has 0 nitrogen and oxygen atoms in total. The standard InChI is InChI=1S/C16H12BrClS/c17-16-9-8-15(19-16)14(18)10-12-6-3-5-11-4-1-2-7-13(11)12/h1-9,14H,10H2. The number of hydrogen-bond acceptors (Lipinski definition) is 1. The molecule has 1 atom stereocenters. The van der Waals surface area contributed by atoms with Gasteiger partial charge in [0.1, 0.15) is 0 Å². The molecule has 3 aromatic rings. The first-order chi connectivity index (χ1) is 9.24. The fraction of sp³-hybridized carbons (Fsp3) is 0.125. The highest BCUT2D eigenvalue weighted by Crippen LogP contribution is 2.34. The Kier molecular flexibility index (Phi) is 3.92. The van der Waals surface area contributed by atoms with Gasteiger partial charge in [-0.15, -0.1) is 22.9 Å². The number of halogens is 2. The van der Waals surface area contributed by atoms with Gasteiger partial charge in [-0.05, 0) is 50.8 Å². The molecule has 19 heavy (non-hydrogen) atoms. The number of rotatable bonds is 3. The van der Waals surface area contributed by atoms with Crippen molar-refractivity contribution in [3.63, 3.8) is 0 Å². The average Bonchev–Trinajstić information content (AvgIpc) is 2.86. The predicted molar refractivity (Wildman–Crippen MR) is 88.3 cm³/mol. The van der Waals surface area contributed by atoms with E-state index >= 15 is 0 Å². The maximum Gasteiger partial charge on any atom is 0.0719 e. The van der Waals surface area contributed by atoms with Gasteiger partial charge in [0.05, 0.1) is 9.16 Å². The van der Waals surface area contributed by atoms with Crippen LogP contribution in [0.5, 0.6) is 0 Å². The van der Waals surface area contributed by atoms with Crippen LogP contribution < -0.4 is 0 Å². The highest BCUT2D eigenvalue weighted by Gasteiger charge is 2.12. The minimum Gasteiger partial charge on any atom is -0.132 e. The Balaban J connectivity index is 1.93. The molecule has 0 aliphatic rings. The summed E-state index contributed by atoms with van der Waals surface area (Å²) in [5.41, 5.74) is 1.31. The van der Waals surface area contributed by atoms with Crippen LogP contribution in [0.4, 0.5) is 0 Å². The Morgan fingerprint density at radius 3 is 2.58 bits per heavy atom. The monoisotopic (exact) mass is 350 g/mol. The highest BCUT2D eigenvalue weighted by molar-refractivity contribution is 9.11. The van der Waals surface area contributed by atoms with Crippen molar-refractivity contribution in [3.8, 4) is 0 Å². The lowest BCUT2D eigenvalue weighted by atomic mass is 10.0. The maximum absolute atomic E-state index is 6.54. The Hall–Kier alpha value is -0.830. The first-order valence-corrected chi connectivity index (χ1v) is 8.14. The largest absolute Gasteiger partial charge is 0.132 e. The molecular weight excluding hydrogens is 340 g/mol. The lowest BCUT2D eigenvalue weighted by Gasteiger charge is -2.10. The van der Waals surface area contributed by atoms with E-state index in [1.54, 1.807) is 11.3 Å². The first-order valence-electron chi connectivity index (χ1n) is 6.10. The summed E-state index contributed by atoms with van der Waals surface area (Å²) in [6.07, 6.45) is 0.857. The lowest BCUT2D eigenvalue weighted by molar-refractivity contribution is 0.948. The zero-order chi connectivity index (χ0) is 13.2. The zero-order valence-electron chi connectivity index (χ0n) is 10.1. The van der Waals surface area contributed by atoms with E-state index in [1.807, 2.05) is 0 Å². The predicted octanol–water partition coefficient (Wildman–Crippen LogP) is 6.19. The van der Waals surface area contributed by atoms with Crippen LogP contribution in [0.2, 0.25) is 0 Å². The molecule has 1 aromatic heterocycles. The van der Waals surface area contributed by atoms with Crippen molar-refractivity contribution in [3.05, 3.63) is 68.8 Å². The molecule has 1 unspecified atom stereocenters. The second kappa shape index (κ2) is 5.66. The van der Waals surface area contributed by atoms with E-state index < -0.39 is 0 Å². The topological polar surface area (TPSA) is 0 Å². The van der Waals surface area contributed by atoms with Gasteiger partial charge >= 0.3 is 0 Å². The number of hydrogen-bond donors (Lipinski definition) is 0. The van der Waals surface area contributed by atoms with Crippen molar-refractivity contribution < 1.29 is 0 Å². The van der Waals surface area contributed by atoms with Crippen molar-refractivity contribution in [2.24, 2.45) is 0 Å². The third-order valence-electron chi connectivity index (χ3n) is 3.18. The SMILES string of the molecule is ClC(Cc1cccc2ccccc12)c1ccc(Br)s1. The molecule has 0 saturated carbocycles. The van der Waals surface area contributed by atoms with Gasteiger partial charge in [0.15, 0.2) is 0 Å². The van der Waals surface area contributed by atoms with Gasteiger partial charge in [-0.3, -0.25) is 0 Å². The molecule has 3 heteroatoms. The molecule has 1 heterocycles. The summed E-state index contributed by atoms with van der Waals surface area (Å²) in [5.74, 6) is 0. The Morgan fingerprint density at radius 1 is 1.00 bits per heavy atom. The quantitative estimate of drug-likeness (QED) is 0.494. The molecule has 0 bridgehead atoms. The van der Waals surface area contributed by atoms with Crippen LogP contribution in [-0.2, 0) is 6.42 Å². The molecule has 0 radical (unpaired) electrons. The summed E-state index contributed by atoms with van der Waals surface area (Å²) in [7, 11) is 0. The van der Waals surface area contributed by atoms with Gasteiger partial charge in [0.25, 0.3) is 0 Å². The summed E-state index contributed by atoms with van der Waals surface area (Å²) in [5, 5.41) is 2.60.